The van der Waals surface area contributed by atoms with Crippen molar-refractivity contribution in [3.63, 3.8) is 0 Å². The van der Waals surface area contributed by atoms with Gasteiger partial charge in [0.1, 0.15) is 11.5 Å². The zero-order valence-corrected chi connectivity index (χ0v) is 14.1. The average molecular weight is 336 g/mol. The maximum Gasteiger partial charge on any atom is 0.313 e. The Balaban J connectivity index is 1.83. The SMILES string of the molecule is COc1ccc(OC)c(NC(=O)C(=O)NCCN2CCNCC2)c1. The Morgan fingerprint density at radius 2 is 1.92 bits per heavy atom. The molecule has 8 heteroatoms. The Kier molecular flexibility index (Phi) is 6.83. The Labute approximate surface area is 141 Å². The Morgan fingerprint density at radius 1 is 1.17 bits per heavy atom. The molecule has 1 saturated heterocycles. The van der Waals surface area contributed by atoms with Crippen molar-refractivity contribution in [1.82, 2.24) is 15.5 Å². The molecule has 3 N–H and O–H groups in total. The molecule has 0 bridgehead atoms. The second-order valence-electron chi connectivity index (χ2n) is 5.37. The van der Waals surface area contributed by atoms with Gasteiger partial charge in [-0.1, -0.05) is 0 Å². The molecule has 1 fully saturated rings. The van der Waals surface area contributed by atoms with Crippen LogP contribution in [-0.2, 0) is 9.59 Å². The molecule has 0 saturated carbocycles. The molecule has 0 radical (unpaired) electrons. The number of ether oxygens (including phenoxy) is 2. The number of benzene rings is 1. The van der Waals surface area contributed by atoms with Gasteiger partial charge in [-0.25, -0.2) is 0 Å². The zero-order valence-electron chi connectivity index (χ0n) is 14.1. The second kappa shape index (κ2) is 9.09. The molecule has 2 rings (SSSR count). The van der Waals surface area contributed by atoms with Crippen molar-refractivity contribution in [2.75, 3.05) is 58.8 Å². The van der Waals surface area contributed by atoms with Crippen LogP contribution in [0, 0.1) is 0 Å². The first-order valence-corrected chi connectivity index (χ1v) is 7.88. The first kappa shape index (κ1) is 18.0. The number of nitrogens with one attached hydrogen (secondary N) is 3. The van der Waals surface area contributed by atoms with E-state index in [0.29, 0.717) is 23.7 Å². The Hall–Kier alpha value is -2.32. The van der Waals surface area contributed by atoms with Crippen LogP contribution >= 0.6 is 0 Å². The molecule has 2 amide bonds. The number of nitrogens with zero attached hydrogens (tertiary/aromatic N) is 1. The van der Waals surface area contributed by atoms with Crippen LogP contribution in [0.1, 0.15) is 0 Å². The molecule has 132 valence electrons. The van der Waals surface area contributed by atoms with Crippen molar-refractivity contribution < 1.29 is 19.1 Å². The van der Waals surface area contributed by atoms with Crippen molar-refractivity contribution >= 4 is 17.5 Å². The van der Waals surface area contributed by atoms with Gasteiger partial charge in [0.15, 0.2) is 0 Å². The number of carbonyl (C=O) groups is 2. The molecule has 0 unspecified atom stereocenters. The lowest BCUT2D eigenvalue weighted by Gasteiger charge is -2.26. The highest BCUT2D eigenvalue weighted by atomic mass is 16.5. The van der Waals surface area contributed by atoms with Gasteiger partial charge in [0, 0.05) is 45.3 Å². The summed E-state index contributed by atoms with van der Waals surface area (Å²) >= 11 is 0. The fraction of sp³-hybridized carbons (Fsp3) is 0.500. The van der Waals surface area contributed by atoms with Crippen LogP contribution < -0.4 is 25.4 Å². The lowest BCUT2D eigenvalue weighted by Crippen LogP contribution is -2.47. The number of hydrogen-bond donors (Lipinski definition) is 3. The molecular weight excluding hydrogens is 312 g/mol. The predicted molar refractivity (Wildman–Crippen MR) is 90.5 cm³/mol. The molecule has 1 aliphatic rings. The molecule has 1 aromatic rings. The summed E-state index contributed by atoms with van der Waals surface area (Å²) in [5.74, 6) is -0.389. The average Bonchev–Trinajstić information content (AvgIpc) is 2.62. The number of rotatable bonds is 6. The molecule has 0 spiro atoms. The highest BCUT2D eigenvalue weighted by Crippen LogP contribution is 2.28. The van der Waals surface area contributed by atoms with E-state index in [1.54, 1.807) is 18.2 Å². The summed E-state index contributed by atoms with van der Waals surface area (Å²) in [4.78, 5) is 26.2. The predicted octanol–water partition coefficient (Wildman–Crippen LogP) is -0.336. The summed E-state index contributed by atoms with van der Waals surface area (Å²) < 4.78 is 10.3. The van der Waals surface area contributed by atoms with Crippen LogP contribution in [0.5, 0.6) is 11.5 Å². The highest BCUT2D eigenvalue weighted by molar-refractivity contribution is 6.39. The number of piperazine rings is 1. The van der Waals surface area contributed by atoms with Gasteiger partial charge in [0.2, 0.25) is 0 Å². The van der Waals surface area contributed by atoms with E-state index in [4.69, 9.17) is 9.47 Å². The number of carbonyl (C=O) groups excluding carboxylic acids is 2. The number of amides is 2. The summed E-state index contributed by atoms with van der Waals surface area (Å²) in [7, 11) is 3.02. The molecule has 1 aromatic carbocycles. The van der Waals surface area contributed by atoms with E-state index in [2.05, 4.69) is 20.9 Å². The molecule has 1 aliphatic heterocycles. The minimum atomic E-state index is -0.734. The standard InChI is InChI=1S/C16H24N4O4/c1-23-12-3-4-14(24-2)13(11-12)19-16(22)15(21)18-7-10-20-8-5-17-6-9-20/h3-4,11,17H,5-10H2,1-2H3,(H,18,21)(H,19,22). The lowest BCUT2D eigenvalue weighted by molar-refractivity contribution is -0.136. The van der Waals surface area contributed by atoms with Crippen LogP contribution in [0.3, 0.4) is 0 Å². The smallest absolute Gasteiger partial charge is 0.313 e. The molecule has 0 aliphatic carbocycles. The van der Waals surface area contributed by atoms with E-state index < -0.39 is 11.8 Å². The Morgan fingerprint density at radius 3 is 2.58 bits per heavy atom. The summed E-state index contributed by atoms with van der Waals surface area (Å²) in [5.41, 5.74) is 0.388. The largest absolute Gasteiger partial charge is 0.497 e. The van der Waals surface area contributed by atoms with Gasteiger partial charge in [-0.05, 0) is 12.1 Å². The quantitative estimate of drug-likeness (QED) is 0.616. The summed E-state index contributed by atoms with van der Waals surface area (Å²) in [6, 6.07) is 4.98. The van der Waals surface area contributed by atoms with E-state index in [1.807, 2.05) is 0 Å². The van der Waals surface area contributed by atoms with Gasteiger partial charge in [-0.15, -0.1) is 0 Å². The molecule has 0 aromatic heterocycles. The van der Waals surface area contributed by atoms with Gasteiger partial charge in [-0.3, -0.25) is 14.5 Å². The second-order valence-corrected chi connectivity index (χ2v) is 5.37. The molecular formula is C16H24N4O4. The topological polar surface area (TPSA) is 91.9 Å². The maximum absolute atomic E-state index is 12.0. The first-order valence-electron chi connectivity index (χ1n) is 7.88. The minimum absolute atomic E-state index is 0.388. The van der Waals surface area contributed by atoms with E-state index in [0.717, 1.165) is 32.7 Å². The van der Waals surface area contributed by atoms with Crippen molar-refractivity contribution in [3.8, 4) is 11.5 Å². The van der Waals surface area contributed by atoms with E-state index in [-0.39, 0.29) is 0 Å². The van der Waals surface area contributed by atoms with E-state index in [9.17, 15) is 9.59 Å². The highest BCUT2D eigenvalue weighted by Gasteiger charge is 2.17. The minimum Gasteiger partial charge on any atom is -0.497 e. The lowest BCUT2D eigenvalue weighted by atomic mass is 10.2. The summed E-state index contributed by atoms with van der Waals surface area (Å²) in [5, 5.41) is 8.44. The summed E-state index contributed by atoms with van der Waals surface area (Å²) in [6.07, 6.45) is 0. The maximum atomic E-state index is 12.0. The number of methoxy groups -OCH3 is 2. The van der Waals surface area contributed by atoms with Crippen LogP contribution in [-0.4, -0.2) is 70.2 Å². The van der Waals surface area contributed by atoms with Gasteiger partial charge in [0.05, 0.1) is 19.9 Å². The van der Waals surface area contributed by atoms with Crippen molar-refractivity contribution in [2.45, 2.75) is 0 Å². The van der Waals surface area contributed by atoms with Gasteiger partial charge in [-0.2, -0.15) is 0 Å². The van der Waals surface area contributed by atoms with Gasteiger partial charge >= 0.3 is 11.8 Å². The van der Waals surface area contributed by atoms with E-state index in [1.165, 1.54) is 14.2 Å². The van der Waals surface area contributed by atoms with Crippen molar-refractivity contribution in [2.24, 2.45) is 0 Å². The van der Waals surface area contributed by atoms with Crippen LogP contribution in [0.15, 0.2) is 18.2 Å². The van der Waals surface area contributed by atoms with Crippen LogP contribution in [0.4, 0.5) is 5.69 Å². The fourth-order valence-electron chi connectivity index (χ4n) is 2.43. The molecule has 8 nitrogen and oxygen atoms in total. The third-order valence-corrected chi connectivity index (χ3v) is 3.78. The van der Waals surface area contributed by atoms with Crippen molar-refractivity contribution in [3.05, 3.63) is 18.2 Å². The zero-order chi connectivity index (χ0) is 17.4. The molecule has 1 heterocycles. The van der Waals surface area contributed by atoms with Gasteiger partial charge in [0.25, 0.3) is 0 Å². The van der Waals surface area contributed by atoms with Crippen LogP contribution in [0.2, 0.25) is 0 Å². The Bertz CT molecular complexity index is 573. The molecule has 0 atom stereocenters. The fourth-order valence-corrected chi connectivity index (χ4v) is 2.43. The number of anilines is 1. The first-order chi connectivity index (χ1) is 11.6. The normalized spacial score (nSPS) is 14.8. The van der Waals surface area contributed by atoms with E-state index >= 15 is 0 Å². The van der Waals surface area contributed by atoms with Crippen LogP contribution in [0.25, 0.3) is 0 Å². The monoisotopic (exact) mass is 336 g/mol. The molecule has 24 heavy (non-hydrogen) atoms. The third kappa shape index (κ3) is 5.10. The van der Waals surface area contributed by atoms with Gasteiger partial charge < -0.3 is 25.4 Å². The summed E-state index contributed by atoms with van der Waals surface area (Å²) in [6.45, 7) is 4.95. The number of hydrogen-bond acceptors (Lipinski definition) is 6. The van der Waals surface area contributed by atoms with Crippen molar-refractivity contribution in [1.29, 1.82) is 0 Å². The third-order valence-electron chi connectivity index (χ3n) is 3.78.